The van der Waals surface area contributed by atoms with Crippen molar-refractivity contribution in [3.63, 3.8) is 0 Å². The largest absolute Gasteiger partial charge is 0.471 e. The summed E-state index contributed by atoms with van der Waals surface area (Å²) in [6.07, 6.45) is -18.3. The molecule has 13 heteroatoms. The van der Waals surface area contributed by atoms with Gasteiger partial charge in [-0.25, -0.2) is 4.79 Å². The van der Waals surface area contributed by atoms with Crippen molar-refractivity contribution in [2.75, 3.05) is 6.61 Å². The summed E-state index contributed by atoms with van der Waals surface area (Å²) in [6, 6.07) is 0. The highest BCUT2D eigenvalue weighted by atomic mass is 19.4. The molecule has 0 heterocycles. The van der Waals surface area contributed by atoms with Crippen molar-refractivity contribution in [3.05, 3.63) is 11.3 Å². The van der Waals surface area contributed by atoms with Gasteiger partial charge in [0, 0.05) is 0 Å². The lowest BCUT2D eigenvalue weighted by Crippen LogP contribution is -2.42. The third kappa shape index (κ3) is 5.44. The van der Waals surface area contributed by atoms with Crippen LogP contribution in [0.15, 0.2) is 11.3 Å². The highest BCUT2D eigenvalue weighted by Gasteiger charge is 2.55. The molecule has 0 aromatic carbocycles. The first-order valence-corrected chi connectivity index (χ1v) is 5.06. The molecule has 0 saturated carbocycles. The predicted octanol–water partition coefficient (Wildman–Crippen LogP) is 2.61. The second-order valence-electron chi connectivity index (χ2n) is 3.42. The van der Waals surface area contributed by atoms with E-state index in [4.69, 9.17) is 0 Å². The normalized spacial score (nSPS) is 12.6. The van der Waals surface area contributed by atoms with Crippen molar-refractivity contribution in [1.29, 1.82) is 0 Å². The first-order chi connectivity index (χ1) is 9.62. The van der Waals surface area contributed by atoms with E-state index in [1.54, 1.807) is 0 Å². The summed E-state index contributed by atoms with van der Waals surface area (Å²) in [7, 11) is 0. The summed E-state index contributed by atoms with van der Waals surface area (Å²) in [5, 5.41) is 0.256. The fraction of sp³-hybridized carbons (Fsp3) is 0.556. The highest BCUT2D eigenvalue weighted by Crippen LogP contribution is 2.40. The number of halogens is 9. The van der Waals surface area contributed by atoms with Crippen molar-refractivity contribution >= 4 is 11.9 Å². The number of allylic oxidation sites excluding steroid dienone is 1. The molecule has 0 saturated heterocycles. The van der Waals surface area contributed by atoms with Crippen LogP contribution in [-0.4, -0.2) is 37.0 Å². The van der Waals surface area contributed by atoms with Crippen molar-refractivity contribution in [1.82, 2.24) is 5.32 Å². The van der Waals surface area contributed by atoms with Crippen LogP contribution in [0.4, 0.5) is 39.5 Å². The van der Waals surface area contributed by atoms with Gasteiger partial charge < -0.3 is 10.1 Å². The van der Waals surface area contributed by atoms with Gasteiger partial charge in [-0.15, -0.1) is 0 Å². The molecule has 0 bridgehead atoms. The van der Waals surface area contributed by atoms with Crippen LogP contribution in [0.2, 0.25) is 0 Å². The fourth-order valence-electron chi connectivity index (χ4n) is 1.05. The Morgan fingerprint density at radius 2 is 1.27 bits per heavy atom. The van der Waals surface area contributed by atoms with E-state index in [2.05, 4.69) is 4.74 Å². The standard InChI is InChI=1S/C9H6F9NO3/c1-2-22-5(20)3(19-6(21)9(16,17)18)4(7(10,11)12)8(13,14)15/h2H2,1H3,(H,19,21). The fourth-order valence-corrected chi connectivity index (χ4v) is 1.05. The second kappa shape index (κ2) is 6.44. The van der Waals surface area contributed by atoms with E-state index in [-0.39, 0.29) is 5.32 Å². The average molecular weight is 347 g/mol. The maximum atomic E-state index is 12.4. The highest BCUT2D eigenvalue weighted by molar-refractivity contribution is 5.96. The van der Waals surface area contributed by atoms with Gasteiger partial charge in [0.2, 0.25) is 0 Å². The lowest BCUT2D eigenvalue weighted by atomic mass is 10.1. The molecule has 0 aliphatic carbocycles. The molecule has 0 atom stereocenters. The predicted molar refractivity (Wildman–Crippen MR) is 50.0 cm³/mol. The van der Waals surface area contributed by atoms with Gasteiger partial charge in [0.1, 0.15) is 5.70 Å². The van der Waals surface area contributed by atoms with Crippen molar-refractivity contribution in [2.45, 2.75) is 25.5 Å². The number of alkyl halides is 9. The molecule has 0 aliphatic rings. The van der Waals surface area contributed by atoms with Crippen molar-refractivity contribution in [2.24, 2.45) is 0 Å². The van der Waals surface area contributed by atoms with Gasteiger partial charge in [-0.1, -0.05) is 0 Å². The van der Waals surface area contributed by atoms with Gasteiger partial charge in [-0.2, -0.15) is 39.5 Å². The first-order valence-electron chi connectivity index (χ1n) is 5.06. The SMILES string of the molecule is CCOC(=O)C(NC(=O)C(F)(F)F)=C(C(F)(F)F)C(F)(F)F. The molecule has 1 N–H and O–H groups in total. The maximum Gasteiger partial charge on any atom is 0.471 e. The number of hydrogen-bond acceptors (Lipinski definition) is 3. The molecule has 0 aliphatic heterocycles. The first kappa shape index (κ1) is 20.1. The zero-order valence-corrected chi connectivity index (χ0v) is 10.3. The van der Waals surface area contributed by atoms with E-state index < -0.39 is 48.3 Å². The van der Waals surface area contributed by atoms with E-state index in [1.165, 1.54) is 0 Å². The third-order valence-electron chi connectivity index (χ3n) is 1.79. The summed E-state index contributed by atoms with van der Waals surface area (Å²) >= 11 is 0. The zero-order chi connectivity index (χ0) is 17.9. The van der Waals surface area contributed by atoms with Crippen LogP contribution in [-0.2, 0) is 14.3 Å². The summed E-state index contributed by atoms with van der Waals surface area (Å²) in [5.74, 6) is -5.61. The van der Waals surface area contributed by atoms with Gasteiger partial charge in [-0.05, 0) is 6.92 Å². The summed E-state index contributed by atoms with van der Waals surface area (Å²) in [5.41, 5.74) is -6.31. The zero-order valence-electron chi connectivity index (χ0n) is 10.3. The summed E-state index contributed by atoms with van der Waals surface area (Å²) in [6.45, 7) is 0.231. The molecule has 0 aromatic rings. The van der Waals surface area contributed by atoms with Gasteiger partial charge in [-0.3, -0.25) is 4.79 Å². The Labute approximate surface area is 115 Å². The minimum absolute atomic E-state index is 0.256. The molecule has 0 unspecified atom stereocenters. The van der Waals surface area contributed by atoms with E-state index in [1.807, 2.05) is 0 Å². The second-order valence-corrected chi connectivity index (χ2v) is 3.42. The van der Waals surface area contributed by atoms with Gasteiger partial charge >= 0.3 is 30.4 Å². The Morgan fingerprint density at radius 1 is 0.864 bits per heavy atom. The number of rotatable bonds is 3. The number of hydrogen-bond donors (Lipinski definition) is 1. The molecule has 128 valence electrons. The number of nitrogens with one attached hydrogen (secondary N) is 1. The number of carbonyl (C=O) groups is 2. The monoisotopic (exact) mass is 347 g/mol. The van der Waals surface area contributed by atoms with Crippen LogP contribution in [0.5, 0.6) is 0 Å². The van der Waals surface area contributed by atoms with Crippen LogP contribution in [0.25, 0.3) is 0 Å². The molecule has 0 radical (unpaired) electrons. The Balaban J connectivity index is 6.17. The molecule has 1 amide bonds. The number of esters is 1. The van der Waals surface area contributed by atoms with Crippen LogP contribution < -0.4 is 5.32 Å². The molecular formula is C9H6F9NO3. The van der Waals surface area contributed by atoms with Crippen LogP contribution >= 0.6 is 0 Å². The maximum absolute atomic E-state index is 12.4. The van der Waals surface area contributed by atoms with E-state index in [0.717, 1.165) is 6.92 Å². The van der Waals surface area contributed by atoms with Crippen LogP contribution in [0.3, 0.4) is 0 Å². The quantitative estimate of drug-likeness (QED) is 0.485. The van der Waals surface area contributed by atoms with E-state index in [0.29, 0.717) is 0 Å². The Bertz CT molecular complexity index is 456. The molecule has 0 aromatic heterocycles. The molecule has 0 rings (SSSR count). The minimum atomic E-state index is -6.26. The van der Waals surface area contributed by atoms with Crippen molar-refractivity contribution < 1.29 is 53.8 Å². The average Bonchev–Trinajstić information content (AvgIpc) is 2.22. The molecule has 22 heavy (non-hydrogen) atoms. The molecule has 4 nitrogen and oxygen atoms in total. The summed E-state index contributed by atoms with van der Waals surface area (Å²) in [4.78, 5) is 21.6. The smallest absolute Gasteiger partial charge is 0.461 e. The lowest BCUT2D eigenvalue weighted by Gasteiger charge is -2.20. The Hall–Kier alpha value is -1.95. The number of amides is 1. The topological polar surface area (TPSA) is 55.4 Å². The summed E-state index contributed by atoms with van der Waals surface area (Å²) < 4.78 is 114. The minimum Gasteiger partial charge on any atom is -0.461 e. The number of ether oxygens (including phenoxy) is 1. The molecule has 0 spiro atoms. The lowest BCUT2D eigenvalue weighted by molar-refractivity contribution is -0.179. The molecular weight excluding hydrogens is 341 g/mol. The third-order valence-corrected chi connectivity index (χ3v) is 1.79. The van der Waals surface area contributed by atoms with Crippen LogP contribution in [0.1, 0.15) is 6.92 Å². The van der Waals surface area contributed by atoms with Gasteiger partial charge in [0.25, 0.3) is 0 Å². The van der Waals surface area contributed by atoms with Gasteiger partial charge in [0.15, 0.2) is 5.57 Å². The molecule has 0 fully saturated rings. The Kier molecular flexibility index (Phi) is 5.87. The van der Waals surface area contributed by atoms with E-state index in [9.17, 15) is 49.1 Å². The number of carbonyl (C=O) groups excluding carboxylic acids is 2. The van der Waals surface area contributed by atoms with Crippen LogP contribution in [0, 0.1) is 0 Å². The van der Waals surface area contributed by atoms with E-state index >= 15 is 0 Å². The van der Waals surface area contributed by atoms with Gasteiger partial charge in [0.05, 0.1) is 6.61 Å². The van der Waals surface area contributed by atoms with Crippen molar-refractivity contribution in [3.8, 4) is 0 Å². The Morgan fingerprint density at radius 3 is 1.55 bits per heavy atom.